The molecule has 2 heterocycles. The van der Waals surface area contributed by atoms with Crippen LogP contribution in [0.4, 0.5) is 0 Å². The molecule has 1 aliphatic heterocycles. The molecule has 16 heavy (non-hydrogen) atoms. The molecule has 2 rings (SSSR count). The van der Waals surface area contributed by atoms with Gasteiger partial charge in [-0.15, -0.1) is 0 Å². The average Bonchev–Trinajstić information content (AvgIpc) is 2.82. The molecule has 0 aliphatic carbocycles. The van der Waals surface area contributed by atoms with Crippen molar-refractivity contribution in [2.75, 3.05) is 19.6 Å². The fraction of sp³-hybridized carbons (Fsp3) is 0.500. The number of hydrogen-bond donors (Lipinski definition) is 1. The van der Waals surface area contributed by atoms with E-state index < -0.39 is 0 Å². The minimum Gasteiger partial charge on any atom is -0.339 e. The number of carbonyl (C=O) groups is 1. The van der Waals surface area contributed by atoms with Crippen LogP contribution in [0.1, 0.15) is 28.9 Å². The van der Waals surface area contributed by atoms with Crippen LogP contribution < -0.4 is 5.73 Å². The van der Waals surface area contributed by atoms with Crippen LogP contribution in [0.25, 0.3) is 0 Å². The Balaban J connectivity index is 2.12. The number of aromatic nitrogens is 1. The van der Waals surface area contributed by atoms with E-state index in [0.717, 1.165) is 43.6 Å². The summed E-state index contributed by atoms with van der Waals surface area (Å²) >= 11 is 0. The van der Waals surface area contributed by atoms with Gasteiger partial charge in [0.2, 0.25) is 0 Å². The lowest BCUT2D eigenvalue weighted by Gasteiger charge is -2.15. The molecule has 1 aromatic heterocycles. The molecule has 1 amide bonds. The Morgan fingerprint density at radius 2 is 2.19 bits per heavy atom. The number of hydrogen-bond acceptors (Lipinski definition) is 3. The molecule has 1 fully saturated rings. The van der Waals surface area contributed by atoms with E-state index in [0.29, 0.717) is 6.54 Å². The van der Waals surface area contributed by atoms with Gasteiger partial charge in [0.1, 0.15) is 0 Å². The van der Waals surface area contributed by atoms with Gasteiger partial charge < -0.3 is 10.6 Å². The van der Waals surface area contributed by atoms with E-state index in [1.54, 1.807) is 12.3 Å². The molecule has 86 valence electrons. The van der Waals surface area contributed by atoms with Gasteiger partial charge in [0.05, 0.1) is 0 Å². The van der Waals surface area contributed by atoms with Crippen LogP contribution in [-0.2, 0) is 6.42 Å². The van der Waals surface area contributed by atoms with Crippen molar-refractivity contribution in [2.24, 2.45) is 5.73 Å². The van der Waals surface area contributed by atoms with E-state index in [-0.39, 0.29) is 5.91 Å². The van der Waals surface area contributed by atoms with E-state index in [9.17, 15) is 4.79 Å². The highest BCUT2D eigenvalue weighted by Gasteiger charge is 2.19. The van der Waals surface area contributed by atoms with Gasteiger partial charge in [0.15, 0.2) is 0 Å². The lowest BCUT2D eigenvalue weighted by Crippen LogP contribution is -2.27. The summed E-state index contributed by atoms with van der Waals surface area (Å²) in [5.41, 5.74) is 7.11. The number of likely N-dealkylation sites (tertiary alicyclic amines) is 1. The quantitative estimate of drug-likeness (QED) is 0.818. The van der Waals surface area contributed by atoms with Gasteiger partial charge in [-0.05, 0) is 31.5 Å². The van der Waals surface area contributed by atoms with Crippen molar-refractivity contribution in [3.05, 3.63) is 29.6 Å². The molecule has 0 atom stereocenters. The van der Waals surface area contributed by atoms with Crippen LogP contribution in [0.3, 0.4) is 0 Å². The first-order valence-electron chi connectivity index (χ1n) is 5.75. The second kappa shape index (κ2) is 5.07. The summed E-state index contributed by atoms with van der Waals surface area (Å²) in [4.78, 5) is 18.2. The molecule has 0 spiro atoms. The van der Waals surface area contributed by atoms with Crippen LogP contribution in [0.5, 0.6) is 0 Å². The maximum absolute atomic E-state index is 12.1. The third kappa shape index (κ3) is 2.39. The summed E-state index contributed by atoms with van der Waals surface area (Å²) in [6.07, 6.45) is 4.65. The number of nitrogens with two attached hydrogens (primary N) is 1. The fourth-order valence-electron chi connectivity index (χ4n) is 2.00. The lowest BCUT2D eigenvalue weighted by molar-refractivity contribution is 0.0792. The van der Waals surface area contributed by atoms with Crippen LogP contribution in [0.2, 0.25) is 0 Å². The largest absolute Gasteiger partial charge is 0.339 e. The van der Waals surface area contributed by atoms with Gasteiger partial charge in [0.25, 0.3) is 5.91 Å². The van der Waals surface area contributed by atoms with E-state index in [4.69, 9.17) is 5.73 Å². The normalized spacial score (nSPS) is 15.4. The van der Waals surface area contributed by atoms with E-state index in [1.165, 1.54) is 0 Å². The molecular weight excluding hydrogens is 202 g/mol. The van der Waals surface area contributed by atoms with Crippen LogP contribution in [0, 0.1) is 0 Å². The average molecular weight is 219 g/mol. The zero-order chi connectivity index (χ0) is 11.4. The van der Waals surface area contributed by atoms with Gasteiger partial charge in [-0.2, -0.15) is 0 Å². The lowest BCUT2D eigenvalue weighted by atomic mass is 10.2. The topological polar surface area (TPSA) is 59.2 Å². The van der Waals surface area contributed by atoms with E-state index >= 15 is 0 Å². The number of rotatable bonds is 3. The molecule has 0 saturated carbocycles. The highest BCUT2D eigenvalue weighted by Crippen LogP contribution is 2.13. The van der Waals surface area contributed by atoms with Gasteiger partial charge in [0, 0.05) is 37.0 Å². The Kier molecular flexibility index (Phi) is 3.51. The number of carbonyl (C=O) groups excluding carboxylic acids is 1. The smallest absolute Gasteiger partial charge is 0.253 e. The molecule has 2 N–H and O–H groups in total. The van der Waals surface area contributed by atoms with Gasteiger partial charge >= 0.3 is 0 Å². The van der Waals surface area contributed by atoms with Crippen molar-refractivity contribution in [3.8, 4) is 0 Å². The van der Waals surface area contributed by atoms with E-state index in [2.05, 4.69) is 4.98 Å². The van der Waals surface area contributed by atoms with Gasteiger partial charge in [-0.1, -0.05) is 0 Å². The summed E-state index contributed by atoms with van der Waals surface area (Å²) in [7, 11) is 0. The predicted octanol–water partition coefficient (Wildman–Crippen LogP) is 0.819. The van der Waals surface area contributed by atoms with Crippen molar-refractivity contribution in [2.45, 2.75) is 19.3 Å². The Morgan fingerprint density at radius 3 is 2.88 bits per heavy atom. The van der Waals surface area contributed by atoms with Crippen molar-refractivity contribution in [3.63, 3.8) is 0 Å². The van der Waals surface area contributed by atoms with Crippen molar-refractivity contribution in [1.82, 2.24) is 9.88 Å². The number of nitrogens with zero attached hydrogens (tertiary/aromatic N) is 2. The zero-order valence-electron chi connectivity index (χ0n) is 9.35. The van der Waals surface area contributed by atoms with Crippen molar-refractivity contribution >= 4 is 5.91 Å². The third-order valence-electron chi connectivity index (χ3n) is 2.86. The molecule has 1 saturated heterocycles. The zero-order valence-corrected chi connectivity index (χ0v) is 9.35. The maximum Gasteiger partial charge on any atom is 0.253 e. The second-order valence-corrected chi connectivity index (χ2v) is 4.07. The third-order valence-corrected chi connectivity index (χ3v) is 2.86. The molecule has 4 heteroatoms. The molecule has 4 nitrogen and oxygen atoms in total. The number of amides is 1. The fourth-order valence-corrected chi connectivity index (χ4v) is 2.00. The monoisotopic (exact) mass is 219 g/mol. The Labute approximate surface area is 95.5 Å². The molecule has 0 bridgehead atoms. The summed E-state index contributed by atoms with van der Waals surface area (Å²) in [6, 6.07) is 3.63. The molecule has 0 radical (unpaired) electrons. The summed E-state index contributed by atoms with van der Waals surface area (Å²) in [5.74, 6) is 0.123. The van der Waals surface area contributed by atoms with Gasteiger partial charge in [-0.25, -0.2) is 0 Å². The highest BCUT2D eigenvalue weighted by atomic mass is 16.2. The first-order valence-corrected chi connectivity index (χ1v) is 5.75. The molecule has 0 unspecified atom stereocenters. The molecule has 1 aliphatic rings. The minimum atomic E-state index is 0.123. The maximum atomic E-state index is 12.1. The first kappa shape index (κ1) is 11.1. The SMILES string of the molecule is NCCc1cc(C(=O)N2CCCC2)ccn1. The summed E-state index contributed by atoms with van der Waals surface area (Å²) < 4.78 is 0. The summed E-state index contributed by atoms with van der Waals surface area (Å²) in [6.45, 7) is 2.33. The Morgan fingerprint density at radius 1 is 1.44 bits per heavy atom. The standard InChI is InChI=1S/C12H17N3O/c13-5-3-11-9-10(4-6-14-11)12(16)15-7-1-2-8-15/h4,6,9H,1-3,5,7-8,13H2. The van der Waals surface area contributed by atoms with Crippen LogP contribution in [0.15, 0.2) is 18.3 Å². The highest BCUT2D eigenvalue weighted by molar-refractivity contribution is 5.94. The molecule has 0 aromatic carbocycles. The summed E-state index contributed by atoms with van der Waals surface area (Å²) in [5, 5.41) is 0. The van der Waals surface area contributed by atoms with Crippen molar-refractivity contribution < 1.29 is 4.79 Å². The second-order valence-electron chi connectivity index (χ2n) is 4.07. The van der Waals surface area contributed by atoms with Gasteiger partial charge in [-0.3, -0.25) is 9.78 Å². The van der Waals surface area contributed by atoms with Crippen molar-refractivity contribution in [1.29, 1.82) is 0 Å². The Bertz CT molecular complexity index is 372. The van der Waals surface area contributed by atoms with Crippen LogP contribution in [-0.4, -0.2) is 35.4 Å². The molecular formula is C12H17N3O. The first-order chi connectivity index (χ1) is 7.81. The minimum absolute atomic E-state index is 0.123. The predicted molar refractivity (Wildman–Crippen MR) is 62.1 cm³/mol. The van der Waals surface area contributed by atoms with E-state index in [1.807, 2.05) is 11.0 Å². The molecule has 1 aromatic rings. The van der Waals surface area contributed by atoms with Crippen LogP contribution >= 0.6 is 0 Å². The Hall–Kier alpha value is -1.42. The number of pyridine rings is 1.